The van der Waals surface area contributed by atoms with Crippen LogP contribution in [0.25, 0.3) is 0 Å². The Balaban J connectivity index is 2.23. The molecule has 5 nitrogen and oxygen atoms in total. The topological polar surface area (TPSA) is 72.8 Å². The molecule has 5 atom stereocenters. The Kier molecular flexibility index (Phi) is 4.18. The lowest BCUT2D eigenvalue weighted by atomic mass is 9.57. The normalized spacial score (nSPS) is 39.2. The number of aliphatic hydroxyl groups excluding tert-OH is 1. The molecule has 20 heavy (non-hydrogen) atoms. The van der Waals surface area contributed by atoms with Gasteiger partial charge in [-0.05, 0) is 18.3 Å². The van der Waals surface area contributed by atoms with Gasteiger partial charge in [0.05, 0.1) is 12.7 Å². The monoisotopic (exact) mass is 282 g/mol. The van der Waals surface area contributed by atoms with Crippen molar-refractivity contribution in [1.29, 1.82) is 0 Å². The van der Waals surface area contributed by atoms with Crippen molar-refractivity contribution >= 4 is 11.9 Å². The maximum absolute atomic E-state index is 11.2. The molecule has 0 aromatic rings. The van der Waals surface area contributed by atoms with Gasteiger partial charge in [0.2, 0.25) is 0 Å². The minimum Gasteiger partial charge on any atom is -0.466 e. The summed E-state index contributed by atoms with van der Waals surface area (Å²) < 4.78 is 10.5. The first-order valence-electron chi connectivity index (χ1n) is 7.01. The highest BCUT2D eigenvalue weighted by molar-refractivity contribution is 5.66. The smallest absolute Gasteiger partial charge is 0.302 e. The van der Waals surface area contributed by atoms with E-state index < -0.39 is 6.10 Å². The zero-order chi connectivity index (χ0) is 14.9. The van der Waals surface area contributed by atoms with Gasteiger partial charge in [0.25, 0.3) is 0 Å². The van der Waals surface area contributed by atoms with E-state index in [2.05, 4.69) is 6.92 Å². The van der Waals surface area contributed by atoms with Crippen molar-refractivity contribution in [2.45, 2.75) is 45.8 Å². The average Bonchev–Trinajstić information content (AvgIpc) is 2.35. The summed E-state index contributed by atoms with van der Waals surface area (Å²) in [6.45, 7) is 5.09. The minimum absolute atomic E-state index is 0.0375. The van der Waals surface area contributed by atoms with E-state index in [0.29, 0.717) is 0 Å². The first-order valence-corrected chi connectivity index (χ1v) is 7.01. The zero-order valence-electron chi connectivity index (χ0n) is 12.2. The highest BCUT2D eigenvalue weighted by Gasteiger charge is 2.51. The second kappa shape index (κ2) is 5.56. The largest absolute Gasteiger partial charge is 0.466 e. The molecule has 2 aliphatic rings. The molecule has 0 radical (unpaired) electrons. The standard InChI is InChI=1S/C15H22O5/c1-9(16)19-8-11-14-12(18)4-6-15(11,3)7-5-13(14)20-10(2)17/h4,6,11-14,18H,5,7-8H2,1-3H3/t11-,12+,13-,14-,15-/m1/s1. The van der Waals surface area contributed by atoms with E-state index in [1.807, 2.05) is 6.08 Å². The number of fused-ring (bicyclic) bond motifs is 2. The number of ether oxygens (including phenoxy) is 2. The van der Waals surface area contributed by atoms with Crippen LogP contribution in [0.15, 0.2) is 12.2 Å². The summed E-state index contributed by atoms with van der Waals surface area (Å²) in [5, 5.41) is 10.2. The van der Waals surface area contributed by atoms with Gasteiger partial charge in [0, 0.05) is 25.7 Å². The van der Waals surface area contributed by atoms with E-state index >= 15 is 0 Å². The first kappa shape index (κ1) is 15.0. The van der Waals surface area contributed by atoms with Crippen LogP contribution in [0.3, 0.4) is 0 Å². The number of carbonyl (C=O) groups is 2. The summed E-state index contributed by atoms with van der Waals surface area (Å²) >= 11 is 0. The van der Waals surface area contributed by atoms with Gasteiger partial charge < -0.3 is 14.6 Å². The van der Waals surface area contributed by atoms with Gasteiger partial charge in [-0.2, -0.15) is 0 Å². The third kappa shape index (κ3) is 2.87. The number of esters is 2. The molecule has 0 spiro atoms. The van der Waals surface area contributed by atoms with E-state index in [0.717, 1.165) is 12.8 Å². The van der Waals surface area contributed by atoms with Gasteiger partial charge in [-0.15, -0.1) is 0 Å². The first-order chi connectivity index (χ1) is 9.33. The predicted molar refractivity (Wildman–Crippen MR) is 71.7 cm³/mol. The van der Waals surface area contributed by atoms with E-state index in [1.165, 1.54) is 13.8 Å². The molecule has 5 heteroatoms. The third-order valence-electron chi connectivity index (χ3n) is 4.56. The molecule has 0 aromatic carbocycles. The fourth-order valence-corrected chi connectivity index (χ4v) is 3.50. The Bertz CT molecular complexity index is 430. The van der Waals surface area contributed by atoms with E-state index in [1.54, 1.807) is 6.08 Å². The van der Waals surface area contributed by atoms with Crippen molar-refractivity contribution in [2.24, 2.45) is 17.3 Å². The van der Waals surface area contributed by atoms with Crippen LogP contribution in [0.4, 0.5) is 0 Å². The van der Waals surface area contributed by atoms with Crippen molar-refractivity contribution in [3.63, 3.8) is 0 Å². The molecule has 2 bridgehead atoms. The maximum atomic E-state index is 11.2. The number of aliphatic hydroxyl groups is 1. The van der Waals surface area contributed by atoms with Crippen molar-refractivity contribution in [2.75, 3.05) is 6.61 Å². The number of allylic oxidation sites excluding steroid dienone is 1. The SMILES string of the molecule is CC(=O)OC[C@@H]1[C@@H]2[C@@H](O)C=C[C@]1(C)CC[C@H]2OC(C)=O. The average molecular weight is 282 g/mol. The number of carbonyl (C=O) groups excluding carboxylic acids is 2. The van der Waals surface area contributed by atoms with Gasteiger partial charge in [0.15, 0.2) is 0 Å². The van der Waals surface area contributed by atoms with Crippen LogP contribution < -0.4 is 0 Å². The molecule has 1 saturated carbocycles. The fourth-order valence-electron chi connectivity index (χ4n) is 3.50. The maximum Gasteiger partial charge on any atom is 0.302 e. The summed E-state index contributed by atoms with van der Waals surface area (Å²) in [6, 6.07) is 0. The summed E-state index contributed by atoms with van der Waals surface area (Å²) in [4.78, 5) is 22.3. The Morgan fingerprint density at radius 2 is 2.05 bits per heavy atom. The zero-order valence-corrected chi connectivity index (χ0v) is 12.2. The molecular formula is C15H22O5. The number of rotatable bonds is 3. The summed E-state index contributed by atoms with van der Waals surface area (Å²) in [6.07, 6.45) is 4.35. The molecule has 112 valence electrons. The van der Waals surface area contributed by atoms with Crippen molar-refractivity contribution < 1.29 is 24.2 Å². The van der Waals surface area contributed by atoms with Gasteiger partial charge in [0.1, 0.15) is 6.10 Å². The lowest BCUT2D eigenvalue weighted by Gasteiger charge is -2.51. The number of hydrogen-bond acceptors (Lipinski definition) is 5. The van der Waals surface area contributed by atoms with Crippen LogP contribution in [0.2, 0.25) is 0 Å². The second-order valence-corrected chi connectivity index (χ2v) is 6.03. The fraction of sp³-hybridized carbons (Fsp3) is 0.733. The van der Waals surface area contributed by atoms with Crippen LogP contribution in [0.5, 0.6) is 0 Å². The molecule has 0 saturated heterocycles. The molecule has 0 unspecified atom stereocenters. The Morgan fingerprint density at radius 3 is 2.65 bits per heavy atom. The van der Waals surface area contributed by atoms with Crippen LogP contribution in [0, 0.1) is 17.3 Å². The molecule has 0 aliphatic heterocycles. The van der Waals surface area contributed by atoms with Crippen molar-refractivity contribution in [3.05, 3.63) is 12.2 Å². The molecule has 1 fully saturated rings. The van der Waals surface area contributed by atoms with Gasteiger partial charge in [-0.25, -0.2) is 0 Å². The third-order valence-corrected chi connectivity index (χ3v) is 4.56. The Hall–Kier alpha value is -1.36. The quantitative estimate of drug-likeness (QED) is 0.626. The summed E-state index contributed by atoms with van der Waals surface area (Å²) in [5.41, 5.74) is -0.129. The highest BCUT2D eigenvalue weighted by Crippen LogP contribution is 2.50. The van der Waals surface area contributed by atoms with Crippen LogP contribution in [-0.2, 0) is 19.1 Å². The predicted octanol–water partition coefficient (Wildman–Crippen LogP) is 1.44. The lowest BCUT2D eigenvalue weighted by molar-refractivity contribution is -0.168. The minimum atomic E-state index is -0.673. The molecular weight excluding hydrogens is 260 g/mol. The van der Waals surface area contributed by atoms with Crippen molar-refractivity contribution in [1.82, 2.24) is 0 Å². The van der Waals surface area contributed by atoms with Gasteiger partial charge in [-0.1, -0.05) is 19.1 Å². The van der Waals surface area contributed by atoms with Gasteiger partial charge in [-0.3, -0.25) is 9.59 Å². The van der Waals surface area contributed by atoms with Crippen LogP contribution in [0.1, 0.15) is 33.6 Å². The number of hydrogen-bond donors (Lipinski definition) is 1. The van der Waals surface area contributed by atoms with Crippen LogP contribution in [-0.4, -0.2) is 35.9 Å². The van der Waals surface area contributed by atoms with E-state index in [9.17, 15) is 14.7 Å². The van der Waals surface area contributed by atoms with E-state index in [-0.39, 0.29) is 41.9 Å². The summed E-state index contributed by atoms with van der Waals surface area (Å²) in [7, 11) is 0. The van der Waals surface area contributed by atoms with Crippen molar-refractivity contribution in [3.8, 4) is 0 Å². The molecule has 2 aliphatic carbocycles. The highest BCUT2D eigenvalue weighted by atomic mass is 16.5. The van der Waals surface area contributed by atoms with Gasteiger partial charge >= 0.3 is 11.9 Å². The molecule has 2 rings (SSSR count). The van der Waals surface area contributed by atoms with Crippen LogP contribution >= 0.6 is 0 Å². The molecule has 0 aromatic heterocycles. The molecule has 0 heterocycles. The second-order valence-electron chi connectivity index (χ2n) is 6.03. The molecule has 0 amide bonds. The summed E-state index contributed by atoms with van der Waals surface area (Å²) in [5.74, 6) is -0.933. The lowest BCUT2D eigenvalue weighted by Crippen LogP contribution is -2.53. The Labute approximate surface area is 118 Å². The molecule has 1 N–H and O–H groups in total. The Morgan fingerprint density at radius 1 is 1.35 bits per heavy atom. The van der Waals surface area contributed by atoms with E-state index in [4.69, 9.17) is 9.47 Å².